The second kappa shape index (κ2) is 3.73. The fourth-order valence-corrected chi connectivity index (χ4v) is 0.988. The Balaban J connectivity index is 2.02. The highest BCUT2D eigenvalue weighted by molar-refractivity contribution is 5.54. The van der Waals surface area contributed by atoms with Gasteiger partial charge in [-0.3, -0.25) is 0 Å². The van der Waals surface area contributed by atoms with E-state index in [4.69, 9.17) is 5.73 Å². The Labute approximate surface area is 80.1 Å². The molecule has 14 heavy (non-hydrogen) atoms. The van der Waals surface area contributed by atoms with Crippen LogP contribution < -0.4 is 11.1 Å². The van der Waals surface area contributed by atoms with Gasteiger partial charge in [0, 0.05) is 18.5 Å². The fourth-order valence-electron chi connectivity index (χ4n) is 0.988. The number of aromatic nitrogens is 3. The summed E-state index contributed by atoms with van der Waals surface area (Å²) in [6.45, 7) is 0.513. The SMILES string of the molecule is Nc1nccnc1NCc1ccon1. The van der Waals surface area contributed by atoms with Gasteiger partial charge in [0.25, 0.3) is 0 Å². The summed E-state index contributed by atoms with van der Waals surface area (Å²) in [5.74, 6) is 0.923. The zero-order valence-corrected chi connectivity index (χ0v) is 7.34. The van der Waals surface area contributed by atoms with E-state index in [1.54, 1.807) is 12.3 Å². The summed E-state index contributed by atoms with van der Waals surface area (Å²) in [7, 11) is 0. The molecule has 0 radical (unpaired) electrons. The van der Waals surface area contributed by atoms with Crippen molar-refractivity contribution in [3.05, 3.63) is 30.4 Å². The Morgan fingerprint density at radius 1 is 1.36 bits per heavy atom. The molecule has 2 aromatic rings. The molecule has 0 unspecified atom stereocenters. The zero-order chi connectivity index (χ0) is 9.80. The van der Waals surface area contributed by atoms with Gasteiger partial charge in [0.1, 0.15) is 12.0 Å². The smallest absolute Gasteiger partial charge is 0.169 e. The number of hydrogen-bond donors (Lipinski definition) is 2. The van der Waals surface area contributed by atoms with E-state index in [2.05, 4.69) is 25.0 Å². The van der Waals surface area contributed by atoms with Gasteiger partial charge in [-0.15, -0.1) is 0 Å². The van der Waals surface area contributed by atoms with Gasteiger partial charge in [-0.2, -0.15) is 0 Å². The lowest BCUT2D eigenvalue weighted by Gasteiger charge is -2.03. The molecule has 0 aliphatic heterocycles. The largest absolute Gasteiger partial charge is 0.381 e. The maximum absolute atomic E-state index is 5.58. The molecule has 72 valence electrons. The normalized spacial score (nSPS) is 10.0. The molecule has 3 N–H and O–H groups in total. The summed E-state index contributed by atoms with van der Waals surface area (Å²) in [6.07, 6.45) is 4.62. The molecule has 2 rings (SSSR count). The summed E-state index contributed by atoms with van der Waals surface area (Å²) in [4.78, 5) is 7.91. The standard InChI is InChI=1S/C8H9N5O/c9-7-8(11-3-2-10-7)12-5-6-1-4-14-13-6/h1-4H,5H2,(H2,9,10)(H,11,12). The van der Waals surface area contributed by atoms with E-state index in [-0.39, 0.29) is 0 Å². The first kappa shape index (κ1) is 8.49. The van der Waals surface area contributed by atoms with Crippen molar-refractivity contribution in [3.8, 4) is 0 Å². The first-order chi connectivity index (χ1) is 6.86. The number of anilines is 2. The van der Waals surface area contributed by atoms with Crippen LogP contribution in [-0.4, -0.2) is 15.1 Å². The summed E-state index contributed by atoms with van der Waals surface area (Å²) >= 11 is 0. The van der Waals surface area contributed by atoms with Crippen LogP contribution >= 0.6 is 0 Å². The molecule has 2 heterocycles. The van der Waals surface area contributed by atoms with Crippen molar-refractivity contribution < 1.29 is 4.52 Å². The molecule has 0 aliphatic rings. The first-order valence-corrected chi connectivity index (χ1v) is 4.06. The third kappa shape index (κ3) is 1.79. The van der Waals surface area contributed by atoms with Gasteiger partial charge >= 0.3 is 0 Å². The molecule has 0 amide bonds. The fraction of sp³-hybridized carbons (Fsp3) is 0.125. The maximum atomic E-state index is 5.58. The lowest BCUT2D eigenvalue weighted by atomic mass is 10.4. The highest BCUT2D eigenvalue weighted by atomic mass is 16.5. The highest BCUT2D eigenvalue weighted by Crippen LogP contribution is 2.10. The van der Waals surface area contributed by atoms with Gasteiger partial charge in [0.2, 0.25) is 0 Å². The van der Waals surface area contributed by atoms with Crippen LogP contribution in [0, 0.1) is 0 Å². The summed E-state index contributed by atoms with van der Waals surface area (Å²) in [5.41, 5.74) is 6.37. The van der Waals surface area contributed by atoms with Crippen LogP contribution in [0.2, 0.25) is 0 Å². The number of nitrogens with two attached hydrogens (primary N) is 1. The molecule has 6 heteroatoms. The number of rotatable bonds is 3. The van der Waals surface area contributed by atoms with Crippen molar-refractivity contribution in [1.29, 1.82) is 0 Å². The van der Waals surface area contributed by atoms with Gasteiger partial charge in [-0.05, 0) is 0 Å². The van der Waals surface area contributed by atoms with Crippen molar-refractivity contribution in [2.24, 2.45) is 0 Å². The minimum absolute atomic E-state index is 0.371. The van der Waals surface area contributed by atoms with Crippen LogP contribution in [0.3, 0.4) is 0 Å². The third-order valence-corrected chi connectivity index (χ3v) is 1.65. The van der Waals surface area contributed by atoms with Gasteiger partial charge in [-0.1, -0.05) is 5.16 Å². The Kier molecular flexibility index (Phi) is 2.26. The van der Waals surface area contributed by atoms with Crippen molar-refractivity contribution in [2.45, 2.75) is 6.54 Å². The van der Waals surface area contributed by atoms with Gasteiger partial charge in [0.15, 0.2) is 11.6 Å². The van der Waals surface area contributed by atoms with Crippen LogP contribution in [0.1, 0.15) is 5.69 Å². The Morgan fingerprint density at radius 2 is 2.21 bits per heavy atom. The molecule has 0 aromatic carbocycles. The molecule has 0 bridgehead atoms. The average molecular weight is 191 g/mol. The van der Waals surface area contributed by atoms with E-state index in [1.165, 1.54) is 12.5 Å². The summed E-state index contributed by atoms with van der Waals surface area (Å²) in [5, 5.41) is 6.73. The van der Waals surface area contributed by atoms with Crippen molar-refractivity contribution in [2.75, 3.05) is 11.1 Å². The van der Waals surface area contributed by atoms with Crippen LogP contribution in [-0.2, 0) is 6.54 Å². The minimum atomic E-state index is 0.371. The van der Waals surface area contributed by atoms with E-state index in [0.29, 0.717) is 18.2 Å². The van der Waals surface area contributed by atoms with Crippen molar-refractivity contribution >= 4 is 11.6 Å². The van der Waals surface area contributed by atoms with Crippen molar-refractivity contribution in [1.82, 2.24) is 15.1 Å². The molecular weight excluding hydrogens is 182 g/mol. The van der Waals surface area contributed by atoms with Crippen LogP contribution in [0.5, 0.6) is 0 Å². The number of nitrogen functional groups attached to an aromatic ring is 1. The van der Waals surface area contributed by atoms with Crippen LogP contribution in [0.15, 0.2) is 29.2 Å². The van der Waals surface area contributed by atoms with E-state index >= 15 is 0 Å². The van der Waals surface area contributed by atoms with E-state index in [0.717, 1.165) is 5.69 Å². The molecule has 6 nitrogen and oxygen atoms in total. The minimum Gasteiger partial charge on any atom is -0.381 e. The summed E-state index contributed by atoms with van der Waals surface area (Å²) < 4.78 is 4.68. The number of hydrogen-bond acceptors (Lipinski definition) is 6. The summed E-state index contributed by atoms with van der Waals surface area (Å²) in [6, 6.07) is 1.76. The first-order valence-electron chi connectivity index (χ1n) is 4.06. The molecule has 0 fully saturated rings. The lowest BCUT2D eigenvalue weighted by Crippen LogP contribution is -2.05. The molecular formula is C8H9N5O. The predicted molar refractivity (Wildman–Crippen MR) is 50.3 cm³/mol. The van der Waals surface area contributed by atoms with Crippen LogP contribution in [0.4, 0.5) is 11.6 Å². The molecule has 0 saturated carbocycles. The second-order valence-corrected chi connectivity index (χ2v) is 2.63. The number of nitrogens with zero attached hydrogens (tertiary/aromatic N) is 3. The lowest BCUT2D eigenvalue weighted by molar-refractivity contribution is 0.412. The maximum Gasteiger partial charge on any atom is 0.169 e. The van der Waals surface area contributed by atoms with Crippen molar-refractivity contribution in [3.63, 3.8) is 0 Å². The van der Waals surface area contributed by atoms with E-state index in [9.17, 15) is 0 Å². The Bertz CT molecular complexity index is 400. The predicted octanol–water partition coefficient (Wildman–Crippen LogP) is 0.659. The Hall–Kier alpha value is -2.11. The molecule has 0 saturated heterocycles. The second-order valence-electron chi connectivity index (χ2n) is 2.63. The average Bonchev–Trinajstić information content (AvgIpc) is 2.69. The van der Waals surface area contributed by atoms with Crippen LogP contribution in [0.25, 0.3) is 0 Å². The molecule has 0 aliphatic carbocycles. The van der Waals surface area contributed by atoms with Gasteiger partial charge in [0.05, 0.1) is 6.54 Å². The van der Waals surface area contributed by atoms with Gasteiger partial charge in [-0.25, -0.2) is 9.97 Å². The molecule has 2 aromatic heterocycles. The zero-order valence-electron chi connectivity index (χ0n) is 7.34. The molecule has 0 atom stereocenters. The van der Waals surface area contributed by atoms with E-state index in [1.807, 2.05) is 0 Å². The third-order valence-electron chi connectivity index (χ3n) is 1.65. The number of nitrogens with one attached hydrogen (secondary N) is 1. The van der Waals surface area contributed by atoms with E-state index < -0.39 is 0 Å². The molecule has 0 spiro atoms. The van der Waals surface area contributed by atoms with Gasteiger partial charge < -0.3 is 15.6 Å². The Morgan fingerprint density at radius 3 is 2.93 bits per heavy atom. The monoisotopic (exact) mass is 191 g/mol. The highest BCUT2D eigenvalue weighted by Gasteiger charge is 2.01. The topological polar surface area (TPSA) is 89.9 Å². The quantitative estimate of drug-likeness (QED) is 0.740.